The van der Waals surface area contributed by atoms with Gasteiger partial charge in [0.05, 0.1) is 17.1 Å². The van der Waals surface area contributed by atoms with E-state index in [2.05, 4.69) is 0 Å². The number of thioether (sulfide) groups is 1. The van der Waals surface area contributed by atoms with Gasteiger partial charge in [0.25, 0.3) is 0 Å². The molecule has 0 aromatic heterocycles. The molecule has 0 aromatic rings. The molecule has 0 bridgehead atoms. The molecule has 20 heavy (non-hydrogen) atoms. The van der Waals surface area contributed by atoms with Crippen LogP contribution in [0.3, 0.4) is 0 Å². The highest BCUT2D eigenvalue weighted by Gasteiger charge is 2.40. The van der Waals surface area contributed by atoms with Gasteiger partial charge in [-0.2, -0.15) is 0 Å². The highest BCUT2D eigenvalue weighted by molar-refractivity contribution is 8.01. The summed E-state index contributed by atoms with van der Waals surface area (Å²) in [6.45, 7) is 0.411. The van der Waals surface area contributed by atoms with Crippen LogP contribution in [0.1, 0.15) is 32.1 Å². The van der Waals surface area contributed by atoms with Crippen LogP contribution in [0, 0.1) is 5.92 Å². The van der Waals surface area contributed by atoms with Crippen molar-refractivity contribution < 1.29 is 24.6 Å². The highest BCUT2D eigenvalue weighted by atomic mass is 32.2. The molecule has 2 aliphatic rings. The number of amides is 2. The lowest BCUT2D eigenvalue weighted by Gasteiger charge is -2.28. The Hall–Kier alpha value is -1.08. The molecule has 1 aliphatic heterocycles. The lowest BCUT2D eigenvalue weighted by atomic mass is 9.87. The number of carboxylic acids is 1. The number of rotatable bonds is 5. The number of likely N-dealkylation sites (tertiary alicyclic amines) is 1. The monoisotopic (exact) mass is 301 g/mol. The molecule has 112 valence electrons. The lowest BCUT2D eigenvalue weighted by Crippen LogP contribution is -2.37. The second-order valence-corrected chi connectivity index (χ2v) is 6.61. The summed E-state index contributed by atoms with van der Waals surface area (Å²) in [5.74, 6) is -1.34. The SMILES string of the molecule is O=C(O)CSC1CC(=O)N(CC2CCC(O)CC2)C1=O. The molecule has 2 N–H and O–H groups in total. The van der Waals surface area contributed by atoms with Crippen molar-refractivity contribution in [2.45, 2.75) is 43.5 Å². The van der Waals surface area contributed by atoms with E-state index in [4.69, 9.17) is 5.11 Å². The van der Waals surface area contributed by atoms with Gasteiger partial charge in [0, 0.05) is 13.0 Å². The maximum atomic E-state index is 12.1. The molecule has 2 amide bonds. The molecule has 1 saturated heterocycles. The average Bonchev–Trinajstić information content (AvgIpc) is 2.66. The largest absolute Gasteiger partial charge is 0.481 e. The number of aliphatic hydroxyl groups is 1. The van der Waals surface area contributed by atoms with Crippen LogP contribution >= 0.6 is 11.8 Å². The number of aliphatic carboxylic acids is 1. The molecular formula is C13H19NO5S. The molecular weight excluding hydrogens is 282 g/mol. The second kappa shape index (κ2) is 6.58. The standard InChI is InChI=1S/C13H19NO5S/c15-9-3-1-8(2-4-9)6-14-11(16)5-10(13(14)19)20-7-12(17)18/h8-10,15H,1-7H2,(H,17,18). The Morgan fingerprint density at radius 1 is 1.25 bits per heavy atom. The van der Waals surface area contributed by atoms with Crippen LogP contribution < -0.4 is 0 Å². The highest BCUT2D eigenvalue weighted by Crippen LogP contribution is 2.30. The molecule has 1 heterocycles. The smallest absolute Gasteiger partial charge is 0.313 e. The predicted molar refractivity (Wildman–Crippen MR) is 73.2 cm³/mol. The Morgan fingerprint density at radius 3 is 2.50 bits per heavy atom. The zero-order chi connectivity index (χ0) is 14.7. The fraction of sp³-hybridized carbons (Fsp3) is 0.769. The van der Waals surface area contributed by atoms with E-state index >= 15 is 0 Å². The quantitative estimate of drug-likeness (QED) is 0.717. The summed E-state index contributed by atoms with van der Waals surface area (Å²) in [7, 11) is 0. The van der Waals surface area contributed by atoms with Crippen LogP contribution in [0.25, 0.3) is 0 Å². The number of hydrogen-bond donors (Lipinski definition) is 2. The Kier molecular flexibility index (Phi) is 5.04. The van der Waals surface area contributed by atoms with Crippen LogP contribution in [0.15, 0.2) is 0 Å². The number of nitrogens with zero attached hydrogens (tertiary/aromatic N) is 1. The second-order valence-electron chi connectivity index (χ2n) is 5.41. The fourth-order valence-electron chi connectivity index (χ4n) is 2.73. The average molecular weight is 301 g/mol. The first kappa shape index (κ1) is 15.3. The molecule has 6 nitrogen and oxygen atoms in total. The van der Waals surface area contributed by atoms with E-state index in [9.17, 15) is 19.5 Å². The van der Waals surface area contributed by atoms with E-state index in [1.807, 2.05) is 0 Å². The minimum atomic E-state index is -0.977. The molecule has 1 saturated carbocycles. The summed E-state index contributed by atoms with van der Waals surface area (Å²) in [6, 6.07) is 0. The van der Waals surface area contributed by atoms with Gasteiger partial charge in [-0.3, -0.25) is 19.3 Å². The molecule has 1 aliphatic carbocycles. The Labute approximate surface area is 121 Å². The third-order valence-corrected chi connectivity index (χ3v) is 5.05. The van der Waals surface area contributed by atoms with Gasteiger partial charge < -0.3 is 10.2 Å². The number of carbonyl (C=O) groups is 3. The summed E-state index contributed by atoms with van der Waals surface area (Å²) in [4.78, 5) is 35.8. The van der Waals surface area contributed by atoms with E-state index < -0.39 is 11.2 Å². The van der Waals surface area contributed by atoms with Crippen molar-refractivity contribution in [2.24, 2.45) is 5.92 Å². The van der Waals surface area contributed by atoms with Gasteiger partial charge in [-0.25, -0.2) is 0 Å². The van der Waals surface area contributed by atoms with Crippen molar-refractivity contribution in [1.29, 1.82) is 0 Å². The zero-order valence-corrected chi connectivity index (χ0v) is 12.0. The minimum absolute atomic E-state index is 0.103. The molecule has 2 rings (SSSR count). The van der Waals surface area contributed by atoms with Crippen molar-refractivity contribution in [2.75, 3.05) is 12.3 Å². The number of hydrogen-bond acceptors (Lipinski definition) is 5. The van der Waals surface area contributed by atoms with Gasteiger partial charge >= 0.3 is 5.97 Å². The van der Waals surface area contributed by atoms with Crippen LogP contribution in [0.2, 0.25) is 0 Å². The Morgan fingerprint density at radius 2 is 1.90 bits per heavy atom. The number of imide groups is 1. The summed E-state index contributed by atoms with van der Waals surface area (Å²) in [5, 5.41) is 17.5. The Bertz CT molecular complexity index is 406. The number of carboxylic acid groups (broad SMARTS) is 1. The van der Waals surface area contributed by atoms with Gasteiger partial charge in [0.1, 0.15) is 0 Å². The van der Waals surface area contributed by atoms with Gasteiger partial charge in [-0.1, -0.05) is 0 Å². The molecule has 1 unspecified atom stereocenters. The maximum absolute atomic E-state index is 12.1. The van der Waals surface area contributed by atoms with Crippen molar-refractivity contribution in [3.8, 4) is 0 Å². The summed E-state index contributed by atoms with van der Waals surface area (Å²) in [5.41, 5.74) is 0. The fourth-order valence-corrected chi connectivity index (χ4v) is 3.61. The van der Waals surface area contributed by atoms with Crippen molar-refractivity contribution in [3.63, 3.8) is 0 Å². The van der Waals surface area contributed by atoms with E-state index in [1.165, 1.54) is 4.90 Å². The molecule has 0 spiro atoms. The van der Waals surface area contributed by atoms with Gasteiger partial charge in [0.2, 0.25) is 11.8 Å². The van der Waals surface area contributed by atoms with E-state index in [1.54, 1.807) is 0 Å². The van der Waals surface area contributed by atoms with Crippen LogP contribution in [0.5, 0.6) is 0 Å². The van der Waals surface area contributed by atoms with Crippen molar-refractivity contribution >= 4 is 29.5 Å². The summed E-state index contributed by atoms with van der Waals surface area (Å²) < 4.78 is 0. The first-order chi connectivity index (χ1) is 9.47. The Balaban J connectivity index is 1.87. The molecule has 0 radical (unpaired) electrons. The van der Waals surface area contributed by atoms with Crippen molar-refractivity contribution in [3.05, 3.63) is 0 Å². The third-order valence-electron chi connectivity index (χ3n) is 3.87. The van der Waals surface area contributed by atoms with E-state index in [0.29, 0.717) is 6.54 Å². The molecule has 7 heteroatoms. The van der Waals surface area contributed by atoms with Crippen molar-refractivity contribution in [1.82, 2.24) is 4.90 Å². The predicted octanol–water partition coefficient (Wildman–Crippen LogP) is 0.483. The van der Waals surface area contributed by atoms with Crippen LogP contribution in [-0.4, -0.2) is 56.5 Å². The van der Waals surface area contributed by atoms with Gasteiger partial charge in [-0.05, 0) is 31.6 Å². The zero-order valence-electron chi connectivity index (χ0n) is 11.2. The molecule has 0 aromatic carbocycles. The van der Waals surface area contributed by atoms with Gasteiger partial charge in [-0.15, -0.1) is 11.8 Å². The normalized spacial score (nSPS) is 30.9. The van der Waals surface area contributed by atoms with E-state index in [0.717, 1.165) is 37.4 Å². The van der Waals surface area contributed by atoms with Crippen LogP contribution in [0.4, 0.5) is 0 Å². The van der Waals surface area contributed by atoms with Crippen LogP contribution in [-0.2, 0) is 14.4 Å². The summed E-state index contributed by atoms with van der Waals surface area (Å²) >= 11 is 1.02. The van der Waals surface area contributed by atoms with Gasteiger partial charge in [0.15, 0.2) is 0 Å². The topological polar surface area (TPSA) is 94.9 Å². The number of aliphatic hydroxyl groups excluding tert-OH is 1. The minimum Gasteiger partial charge on any atom is -0.481 e. The maximum Gasteiger partial charge on any atom is 0.313 e. The lowest BCUT2D eigenvalue weighted by molar-refractivity contribution is -0.139. The molecule has 1 atom stereocenters. The third kappa shape index (κ3) is 3.73. The molecule has 2 fully saturated rings. The first-order valence-electron chi connectivity index (χ1n) is 6.83. The van der Waals surface area contributed by atoms with E-state index in [-0.39, 0.29) is 36.0 Å². The number of carbonyl (C=O) groups excluding carboxylic acids is 2. The first-order valence-corrected chi connectivity index (χ1v) is 7.88. The summed E-state index contributed by atoms with van der Waals surface area (Å²) in [6.07, 6.45) is 2.94.